The zero-order chi connectivity index (χ0) is 18.0. The van der Waals surface area contributed by atoms with Crippen molar-refractivity contribution in [2.24, 2.45) is 0 Å². The number of anilines is 2. The number of pyridine rings is 1. The number of hydrogen-bond acceptors (Lipinski definition) is 7. The molecule has 0 atom stereocenters. The van der Waals surface area contributed by atoms with Gasteiger partial charge in [0.25, 0.3) is 5.91 Å². The molecule has 1 amide bonds. The van der Waals surface area contributed by atoms with Gasteiger partial charge in [-0.15, -0.1) is 0 Å². The number of nitrogens with one attached hydrogen (secondary N) is 2. The summed E-state index contributed by atoms with van der Waals surface area (Å²) >= 11 is 0.948. The van der Waals surface area contributed by atoms with Crippen LogP contribution in [-0.4, -0.2) is 29.7 Å². The normalized spacial score (nSPS) is 13.7. The van der Waals surface area contributed by atoms with Gasteiger partial charge in [0.15, 0.2) is 5.82 Å². The molecule has 1 aliphatic rings. The molecule has 3 N–H and O–H groups in total. The smallest absolute Gasteiger partial charge is 0.251 e. The van der Waals surface area contributed by atoms with E-state index in [1.807, 2.05) is 13.0 Å². The van der Waals surface area contributed by atoms with Gasteiger partial charge < -0.3 is 15.2 Å². The number of benzene rings is 1. The molecule has 0 unspecified atom stereocenters. The van der Waals surface area contributed by atoms with Crippen LogP contribution < -0.4 is 19.1 Å². The van der Waals surface area contributed by atoms with Gasteiger partial charge in [-0.1, -0.05) is 6.07 Å². The number of phenolic OH excluding ortho intramolecular Hbond substituents is 1. The summed E-state index contributed by atoms with van der Waals surface area (Å²) in [7, 11) is 1.53. The van der Waals surface area contributed by atoms with Crippen LogP contribution in [0.4, 0.5) is 15.9 Å². The minimum Gasteiger partial charge on any atom is -0.506 e. The Morgan fingerprint density at radius 3 is 2.92 bits per heavy atom. The minimum atomic E-state index is -0.601. The number of methoxy groups -OCH3 is 1. The quantitative estimate of drug-likeness (QED) is 0.702. The van der Waals surface area contributed by atoms with Gasteiger partial charge in [-0.05, 0) is 30.2 Å². The second-order valence-electron chi connectivity index (χ2n) is 5.47. The highest BCUT2D eigenvalue weighted by molar-refractivity contribution is 7.99. The van der Waals surface area contributed by atoms with Gasteiger partial charge in [-0.3, -0.25) is 13.8 Å². The number of phenols is 1. The van der Waals surface area contributed by atoms with Gasteiger partial charge in [0.05, 0.1) is 19.2 Å². The van der Waals surface area contributed by atoms with Crippen molar-refractivity contribution in [2.75, 3.05) is 23.3 Å². The fourth-order valence-corrected chi connectivity index (χ4v) is 3.13. The summed E-state index contributed by atoms with van der Waals surface area (Å²) in [5.41, 5.74) is 1.45. The molecule has 1 aliphatic heterocycles. The van der Waals surface area contributed by atoms with E-state index < -0.39 is 5.82 Å². The number of aryl methyl sites for hydroxylation is 1. The van der Waals surface area contributed by atoms with Crippen LogP contribution in [0.2, 0.25) is 0 Å². The zero-order valence-electron chi connectivity index (χ0n) is 13.7. The highest BCUT2D eigenvalue weighted by Gasteiger charge is 2.26. The second-order valence-corrected chi connectivity index (χ2v) is 6.30. The first-order valence-electron chi connectivity index (χ1n) is 7.48. The predicted octanol–water partition coefficient (Wildman–Crippen LogP) is 2.35. The molecule has 1 aromatic carbocycles. The van der Waals surface area contributed by atoms with Crippen LogP contribution >= 0.6 is 12.1 Å². The molecule has 25 heavy (non-hydrogen) atoms. The van der Waals surface area contributed by atoms with Gasteiger partial charge >= 0.3 is 0 Å². The van der Waals surface area contributed by atoms with Crippen molar-refractivity contribution in [3.63, 3.8) is 0 Å². The molecular formula is C16H17FN4O3S. The van der Waals surface area contributed by atoms with E-state index in [0.717, 1.165) is 17.7 Å². The third-order valence-electron chi connectivity index (χ3n) is 3.65. The number of aromatic hydroxyl groups is 1. The van der Waals surface area contributed by atoms with Crippen molar-refractivity contribution in [3.8, 4) is 11.6 Å². The topological polar surface area (TPSA) is 86.7 Å². The van der Waals surface area contributed by atoms with Crippen LogP contribution in [0, 0.1) is 12.7 Å². The average Bonchev–Trinajstić information content (AvgIpc) is 2.99. The molecule has 1 saturated heterocycles. The molecular weight excluding hydrogens is 347 g/mol. The fraction of sp³-hybridized carbons (Fsp3) is 0.250. The number of aromatic nitrogens is 1. The number of ether oxygens (including phenoxy) is 1. The van der Waals surface area contributed by atoms with E-state index in [9.17, 15) is 14.3 Å². The minimum absolute atomic E-state index is 0.0113. The van der Waals surface area contributed by atoms with Crippen molar-refractivity contribution >= 4 is 29.5 Å². The molecule has 9 heteroatoms. The van der Waals surface area contributed by atoms with Gasteiger partial charge in [0.2, 0.25) is 5.88 Å². The Labute approximate surface area is 148 Å². The van der Waals surface area contributed by atoms with Crippen LogP contribution in [0.1, 0.15) is 11.1 Å². The summed E-state index contributed by atoms with van der Waals surface area (Å²) in [5.74, 6) is 0.0234. The van der Waals surface area contributed by atoms with Crippen LogP contribution in [0.5, 0.6) is 11.6 Å². The van der Waals surface area contributed by atoms with Crippen molar-refractivity contribution in [2.45, 2.75) is 13.5 Å². The molecule has 2 aromatic rings. The molecule has 0 bridgehead atoms. The van der Waals surface area contributed by atoms with E-state index in [1.165, 1.54) is 23.5 Å². The van der Waals surface area contributed by atoms with Crippen molar-refractivity contribution in [3.05, 3.63) is 41.2 Å². The van der Waals surface area contributed by atoms with Crippen LogP contribution in [0.25, 0.3) is 0 Å². The lowest BCUT2D eigenvalue weighted by Crippen LogP contribution is -2.16. The van der Waals surface area contributed by atoms with Crippen LogP contribution in [-0.2, 0) is 11.3 Å². The predicted molar refractivity (Wildman–Crippen MR) is 94.0 cm³/mol. The van der Waals surface area contributed by atoms with E-state index in [0.29, 0.717) is 17.3 Å². The van der Waals surface area contributed by atoms with E-state index in [4.69, 9.17) is 4.74 Å². The number of amides is 1. The van der Waals surface area contributed by atoms with Crippen molar-refractivity contribution < 1.29 is 19.0 Å². The largest absolute Gasteiger partial charge is 0.506 e. The molecule has 3 rings (SSSR count). The number of rotatable bonds is 5. The summed E-state index contributed by atoms with van der Waals surface area (Å²) < 4.78 is 23.4. The first kappa shape index (κ1) is 17.2. The second kappa shape index (κ2) is 7.06. The van der Waals surface area contributed by atoms with Crippen molar-refractivity contribution in [1.29, 1.82) is 0 Å². The number of carbonyl (C=O) groups is 1. The Balaban J connectivity index is 1.77. The molecule has 132 valence electrons. The van der Waals surface area contributed by atoms with Crippen molar-refractivity contribution in [1.82, 2.24) is 9.71 Å². The summed E-state index contributed by atoms with van der Waals surface area (Å²) in [6, 6.07) is 6.40. The molecule has 0 spiro atoms. The van der Waals surface area contributed by atoms with E-state index in [-0.39, 0.29) is 30.4 Å². The van der Waals surface area contributed by atoms with Gasteiger partial charge in [0, 0.05) is 12.6 Å². The maximum atomic E-state index is 14.4. The highest BCUT2D eigenvalue weighted by Crippen LogP contribution is 2.36. The number of carbonyl (C=O) groups excluding carboxylic acids is 1. The Hall–Kier alpha value is -2.68. The lowest BCUT2D eigenvalue weighted by atomic mass is 10.1. The van der Waals surface area contributed by atoms with Gasteiger partial charge in [-0.2, -0.15) is 4.98 Å². The number of halogens is 1. The molecule has 1 aromatic heterocycles. The van der Waals surface area contributed by atoms with E-state index >= 15 is 0 Å². The third kappa shape index (κ3) is 3.71. The average molecular weight is 364 g/mol. The SMILES string of the molecule is COc1ccc(C)c(NCc2cc(O)c(N3CC(=O)NS3)c(F)c2)n1. The Morgan fingerprint density at radius 2 is 2.28 bits per heavy atom. The van der Waals surface area contributed by atoms with E-state index in [2.05, 4.69) is 15.0 Å². The third-order valence-corrected chi connectivity index (χ3v) is 4.50. The van der Waals surface area contributed by atoms with E-state index in [1.54, 1.807) is 6.07 Å². The highest BCUT2D eigenvalue weighted by atomic mass is 32.2. The monoisotopic (exact) mass is 364 g/mol. The molecule has 0 aliphatic carbocycles. The molecule has 0 saturated carbocycles. The van der Waals surface area contributed by atoms with Gasteiger partial charge in [-0.25, -0.2) is 4.39 Å². The van der Waals surface area contributed by atoms with Gasteiger partial charge in [0.1, 0.15) is 23.8 Å². The maximum absolute atomic E-state index is 14.4. The number of hydrogen-bond donors (Lipinski definition) is 3. The van der Waals surface area contributed by atoms with Crippen LogP contribution in [0.3, 0.4) is 0 Å². The first-order valence-corrected chi connectivity index (χ1v) is 8.25. The Kier molecular flexibility index (Phi) is 4.84. The molecule has 7 nitrogen and oxygen atoms in total. The molecule has 1 fully saturated rings. The number of nitrogens with zero attached hydrogens (tertiary/aromatic N) is 2. The van der Waals surface area contributed by atoms with Crippen LogP contribution in [0.15, 0.2) is 24.3 Å². The standard InChI is InChI=1S/C16H17FN4O3S/c1-9-3-4-14(24-2)19-16(9)18-7-10-5-11(17)15(12(22)6-10)21-8-13(23)20-25-21/h3-6,22H,7-8H2,1-2H3,(H,18,19)(H,20,23). The lowest BCUT2D eigenvalue weighted by molar-refractivity contribution is -0.117. The summed E-state index contributed by atoms with van der Waals surface area (Å²) in [5, 5.41) is 13.3. The Bertz CT molecular complexity index is 795. The fourth-order valence-electron chi connectivity index (χ4n) is 2.40. The first-order chi connectivity index (χ1) is 12.0. The summed E-state index contributed by atoms with van der Waals surface area (Å²) in [6.07, 6.45) is 0. The molecule has 0 radical (unpaired) electrons. The zero-order valence-corrected chi connectivity index (χ0v) is 14.5. The lowest BCUT2D eigenvalue weighted by Gasteiger charge is -2.17. The summed E-state index contributed by atoms with van der Waals surface area (Å²) in [6.45, 7) is 2.15. The summed E-state index contributed by atoms with van der Waals surface area (Å²) in [4.78, 5) is 15.5. The Morgan fingerprint density at radius 1 is 1.48 bits per heavy atom. The maximum Gasteiger partial charge on any atom is 0.251 e. The molecule has 2 heterocycles.